The third kappa shape index (κ3) is 4.98. The van der Waals surface area contributed by atoms with Gasteiger partial charge < -0.3 is 4.57 Å². The highest BCUT2D eigenvalue weighted by atomic mass is 15.0. The van der Waals surface area contributed by atoms with Crippen LogP contribution in [0.3, 0.4) is 0 Å². The van der Waals surface area contributed by atoms with Crippen LogP contribution in [0.2, 0.25) is 0 Å². The van der Waals surface area contributed by atoms with E-state index in [1.54, 1.807) is 0 Å². The number of para-hydroxylation sites is 1. The summed E-state index contributed by atoms with van der Waals surface area (Å²) in [5.74, 6) is 0.716. The van der Waals surface area contributed by atoms with Gasteiger partial charge in [-0.25, -0.2) is 9.97 Å². The molecule has 238 valence electrons. The van der Waals surface area contributed by atoms with E-state index in [4.69, 9.17) is 9.97 Å². The average molecular weight is 650 g/mol. The molecule has 0 saturated heterocycles. The van der Waals surface area contributed by atoms with Crippen LogP contribution in [0, 0.1) is 0 Å². The van der Waals surface area contributed by atoms with E-state index in [1.807, 2.05) is 36.4 Å². The predicted molar refractivity (Wildman–Crippen MR) is 213 cm³/mol. The van der Waals surface area contributed by atoms with Gasteiger partial charge in [-0.3, -0.25) is 0 Å². The van der Waals surface area contributed by atoms with Crippen LogP contribution in [0.15, 0.2) is 188 Å². The summed E-state index contributed by atoms with van der Waals surface area (Å²) in [6, 6.07) is 66.8. The van der Waals surface area contributed by atoms with Crippen molar-refractivity contribution in [1.29, 1.82) is 0 Å². The molecule has 0 N–H and O–H groups in total. The Kier molecular flexibility index (Phi) is 6.81. The molecular weight excluding hydrogens is 619 g/mol. The van der Waals surface area contributed by atoms with Gasteiger partial charge in [0.05, 0.1) is 22.4 Å². The maximum Gasteiger partial charge on any atom is 0.160 e. The van der Waals surface area contributed by atoms with Crippen molar-refractivity contribution in [2.45, 2.75) is 0 Å². The number of rotatable bonds is 5. The Bertz CT molecular complexity index is 2830. The smallest absolute Gasteiger partial charge is 0.160 e. The van der Waals surface area contributed by atoms with Crippen molar-refractivity contribution in [3.8, 4) is 50.7 Å². The third-order valence-electron chi connectivity index (χ3n) is 10.0. The lowest BCUT2D eigenvalue weighted by Gasteiger charge is -2.12. The first-order valence-corrected chi connectivity index (χ1v) is 17.3. The molecule has 2 aromatic heterocycles. The van der Waals surface area contributed by atoms with Gasteiger partial charge in [-0.05, 0) is 69.1 Å². The second kappa shape index (κ2) is 11.9. The molecule has 3 nitrogen and oxygen atoms in total. The van der Waals surface area contributed by atoms with E-state index in [2.05, 4.69) is 156 Å². The average Bonchev–Trinajstić information content (AvgIpc) is 3.56. The Morgan fingerprint density at radius 3 is 1.73 bits per heavy atom. The second-order valence-electron chi connectivity index (χ2n) is 13.0. The van der Waals surface area contributed by atoms with Gasteiger partial charge >= 0.3 is 0 Å². The monoisotopic (exact) mass is 649 g/mol. The summed E-state index contributed by atoms with van der Waals surface area (Å²) in [6.07, 6.45) is 0. The first kappa shape index (κ1) is 29.1. The Hall–Kier alpha value is -6.84. The highest BCUT2D eigenvalue weighted by molar-refractivity contribution is 6.22. The molecule has 0 aliphatic rings. The van der Waals surface area contributed by atoms with Crippen LogP contribution in [0.25, 0.3) is 94.1 Å². The van der Waals surface area contributed by atoms with E-state index in [1.165, 1.54) is 54.5 Å². The van der Waals surface area contributed by atoms with Gasteiger partial charge in [0.1, 0.15) is 0 Å². The maximum atomic E-state index is 5.06. The minimum Gasteiger partial charge on any atom is -0.309 e. The van der Waals surface area contributed by atoms with Crippen molar-refractivity contribution < 1.29 is 0 Å². The highest BCUT2D eigenvalue weighted by Crippen LogP contribution is 2.39. The number of hydrogen-bond donors (Lipinski definition) is 0. The van der Waals surface area contributed by atoms with Gasteiger partial charge in [-0.1, -0.05) is 152 Å². The minimum absolute atomic E-state index is 0.716. The molecule has 51 heavy (non-hydrogen) atoms. The molecule has 8 aromatic carbocycles. The number of nitrogens with zero attached hydrogens (tertiary/aromatic N) is 3. The first-order valence-electron chi connectivity index (χ1n) is 17.3. The Morgan fingerprint density at radius 1 is 0.353 bits per heavy atom. The number of hydrogen-bond acceptors (Lipinski definition) is 2. The second-order valence-corrected chi connectivity index (χ2v) is 13.0. The van der Waals surface area contributed by atoms with Crippen LogP contribution in [-0.2, 0) is 0 Å². The van der Waals surface area contributed by atoms with Crippen molar-refractivity contribution in [1.82, 2.24) is 14.5 Å². The molecule has 10 aromatic rings. The zero-order chi connectivity index (χ0) is 33.7. The summed E-state index contributed by atoms with van der Waals surface area (Å²) in [6.45, 7) is 0. The fraction of sp³-hybridized carbons (Fsp3) is 0. The van der Waals surface area contributed by atoms with Crippen LogP contribution < -0.4 is 0 Å². The molecule has 0 atom stereocenters. The van der Waals surface area contributed by atoms with Gasteiger partial charge in [0.15, 0.2) is 5.82 Å². The Labute approximate surface area is 295 Å². The van der Waals surface area contributed by atoms with Crippen LogP contribution in [0.5, 0.6) is 0 Å². The SMILES string of the molecule is c1ccc(-c2cc(-c3ccc(-n4c5ccccc5c5c6cc(-c7cccc8ccccc78)ccc6ccc54)cc3)nc(-c3ccccc3)n2)cc1. The summed E-state index contributed by atoms with van der Waals surface area (Å²) in [4.78, 5) is 10.0. The fourth-order valence-corrected chi connectivity index (χ4v) is 7.56. The van der Waals surface area contributed by atoms with Crippen LogP contribution in [0.1, 0.15) is 0 Å². The molecule has 0 aliphatic heterocycles. The summed E-state index contributed by atoms with van der Waals surface area (Å²) in [7, 11) is 0. The zero-order valence-electron chi connectivity index (χ0n) is 27.7. The Morgan fingerprint density at radius 2 is 0.941 bits per heavy atom. The molecule has 0 amide bonds. The van der Waals surface area contributed by atoms with E-state index >= 15 is 0 Å². The van der Waals surface area contributed by atoms with E-state index in [0.717, 1.165) is 33.8 Å². The predicted octanol–water partition coefficient (Wildman–Crippen LogP) is 12.5. The maximum absolute atomic E-state index is 5.06. The van der Waals surface area contributed by atoms with Crippen LogP contribution >= 0.6 is 0 Å². The van der Waals surface area contributed by atoms with Crippen molar-refractivity contribution >= 4 is 43.4 Å². The number of fused-ring (bicyclic) bond motifs is 6. The summed E-state index contributed by atoms with van der Waals surface area (Å²) in [5.41, 5.74) is 10.9. The van der Waals surface area contributed by atoms with Crippen LogP contribution in [0.4, 0.5) is 0 Å². The molecular formula is C48H31N3. The molecule has 0 spiro atoms. The summed E-state index contributed by atoms with van der Waals surface area (Å²) < 4.78 is 2.39. The third-order valence-corrected chi connectivity index (χ3v) is 10.0. The molecule has 0 saturated carbocycles. The Balaban J connectivity index is 1.12. The van der Waals surface area contributed by atoms with Crippen molar-refractivity contribution in [2.75, 3.05) is 0 Å². The van der Waals surface area contributed by atoms with Crippen molar-refractivity contribution in [3.63, 3.8) is 0 Å². The molecule has 0 unspecified atom stereocenters. The van der Waals surface area contributed by atoms with Crippen molar-refractivity contribution in [3.05, 3.63) is 188 Å². The van der Waals surface area contributed by atoms with E-state index < -0.39 is 0 Å². The zero-order valence-corrected chi connectivity index (χ0v) is 27.7. The van der Waals surface area contributed by atoms with Gasteiger partial charge in [-0.15, -0.1) is 0 Å². The topological polar surface area (TPSA) is 30.7 Å². The standard InChI is InChI=1S/C48H31N3/c1-3-13-34(14-4-1)43-31-44(50-48(49-43)36-15-5-2-6-16-36)35-24-27-38(28-25-35)51-45-21-10-9-19-41(45)47-42-30-37(23-22-33(42)26-29-46(47)51)40-20-11-17-32-12-7-8-18-39(32)40/h1-31H. The van der Waals surface area contributed by atoms with Gasteiger partial charge in [0.2, 0.25) is 0 Å². The van der Waals surface area contributed by atoms with Crippen LogP contribution in [-0.4, -0.2) is 14.5 Å². The first-order chi connectivity index (χ1) is 25.3. The van der Waals surface area contributed by atoms with Gasteiger partial charge in [0, 0.05) is 33.2 Å². The van der Waals surface area contributed by atoms with E-state index in [0.29, 0.717) is 5.82 Å². The minimum atomic E-state index is 0.716. The lowest BCUT2D eigenvalue weighted by molar-refractivity contribution is 1.17. The lowest BCUT2D eigenvalue weighted by atomic mass is 9.95. The van der Waals surface area contributed by atoms with Gasteiger partial charge in [-0.2, -0.15) is 0 Å². The summed E-state index contributed by atoms with van der Waals surface area (Å²) in [5, 5.41) is 7.52. The highest BCUT2D eigenvalue weighted by Gasteiger charge is 2.17. The van der Waals surface area contributed by atoms with Crippen molar-refractivity contribution in [2.24, 2.45) is 0 Å². The largest absolute Gasteiger partial charge is 0.309 e. The van der Waals surface area contributed by atoms with E-state index in [9.17, 15) is 0 Å². The molecule has 0 fully saturated rings. The normalized spacial score (nSPS) is 11.5. The molecule has 0 bridgehead atoms. The molecule has 3 heteroatoms. The number of benzene rings is 8. The van der Waals surface area contributed by atoms with E-state index in [-0.39, 0.29) is 0 Å². The lowest BCUT2D eigenvalue weighted by Crippen LogP contribution is -1.97. The molecule has 0 radical (unpaired) electrons. The van der Waals surface area contributed by atoms with Gasteiger partial charge in [0.25, 0.3) is 0 Å². The molecule has 0 aliphatic carbocycles. The molecule has 2 heterocycles. The quantitative estimate of drug-likeness (QED) is 0.186. The summed E-state index contributed by atoms with van der Waals surface area (Å²) >= 11 is 0. The molecule has 10 rings (SSSR count). The number of aromatic nitrogens is 3. The fourth-order valence-electron chi connectivity index (χ4n) is 7.56.